The van der Waals surface area contributed by atoms with Crippen molar-refractivity contribution < 1.29 is 9.18 Å². The highest BCUT2D eigenvalue weighted by atomic mass is 19.1. The van der Waals surface area contributed by atoms with E-state index in [4.69, 9.17) is 0 Å². The summed E-state index contributed by atoms with van der Waals surface area (Å²) in [5.74, 6) is -0.237. The summed E-state index contributed by atoms with van der Waals surface area (Å²) in [5.41, 5.74) is 1.86. The number of fused-ring (bicyclic) bond motifs is 2. The molecular weight excluding hydrogens is 433 g/mol. The van der Waals surface area contributed by atoms with Crippen molar-refractivity contribution in [3.05, 3.63) is 41.5 Å². The molecule has 3 fully saturated rings. The number of aromatic nitrogens is 3. The summed E-state index contributed by atoms with van der Waals surface area (Å²) in [4.78, 5) is 15.1. The lowest BCUT2D eigenvalue weighted by Gasteiger charge is -2.25. The van der Waals surface area contributed by atoms with Crippen LogP contribution in [-0.4, -0.2) is 63.6 Å². The van der Waals surface area contributed by atoms with Crippen LogP contribution in [0.2, 0.25) is 0 Å². The van der Waals surface area contributed by atoms with E-state index in [1.807, 2.05) is 6.20 Å². The molecule has 0 spiro atoms. The van der Waals surface area contributed by atoms with E-state index < -0.39 is 11.9 Å². The quantitative estimate of drug-likeness (QED) is 0.620. The van der Waals surface area contributed by atoms with Crippen molar-refractivity contribution >= 4 is 5.91 Å². The van der Waals surface area contributed by atoms with Crippen LogP contribution in [0.4, 0.5) is 4.39 Å². The van der Waals surface area contributed by atoms with E-state index in [9.17, 15) is 14.4 Å². The molecule has 2 aliphatic heterocycles. The Morgan fingerprint density at radius 3 is 2.85 bits per heavy atom. The Morgan fingerprint density at radius 2 is 2.15 bits per heavy atom. The first-order valence-electron chi connectivity index (χ1n) is 12.5. The third-order valence-corrected chi connectivity index (χ3v) is 7.51. The Hall–Kier alpha value is -2.83. The van der Waals surface area contributed by atoms with Crippen molar-refractivity contribution in [3.8, 4) is 11.8 Å². The molecule has 8 nitrogen and oxygen atoms in total. The fourth-order valence-electron chi connectivity index (χ4n) is 5.60. The standard InChI is InChI=1S/C25H32FN7O/c26-23-14-22(33-16-20(30-31-33)8-11-32-9-2-1-3-10-32)7-5-17(23)12-21(15-27)29-25(34)24-18-4-6-19(13-18)28-24/h5,7,14,16,18-19,21,24,28H,1-4,6,8-13H2,(H,29,34)/t18-,19+,21-,24-/m0/s1. The van der Waals surface area contributed by atoms with Crippen molar-refractivity contribution in [1.82, 2.24) is 30.5 Å². The lowest BCUT2D eigenvalue weighted by atomic mass is 9.98. The lowest BCUT2D eigenvalue weighted by Crippen LogP contribution is -2.50. The summed E-state index contributed by atoms with van der Waals surface area (Å²) in [6, 6.07) is 6.35. The molecule has 1 amide bonds. The summed E-state index contributed by atoms with van der Waals surface area (Å²) < 4.78 is 16.5. The van der Waals surface area contributed by atoms with Crippen molar-refractivity contribution in [2.45, 2.75) is 69.5 Å². The number of rotatable bonds is 8. The highest BCUT2D eigenvalue weighted by molar-refractivity contribution is 5.83. The fraction of sp³-hybridized carbons (Fsp3) is 0.600. The molecule has 4 atom stereocenters. The van der Waals surface area contributed by atoms with Crippen LogP contribution < -0.4 is 10.6 Å². The normalized spacial score (nSPS) is 25.2. The average Bonchev–Trinajstić information content (AvgIpc) is 3.61. The molecule has 5 rings (SSSR count). The molecule has 1 aromatic heterocycles. The van der Waals surface area contributed by atoms with Crippen molar-refractivity contribution in [3.63, 3.8) is 0 Å². The summed E-state index contributed by atoms with van der Waals surface area (Å²) in [6.07, 6.45) is 9.79. The van der Waals surface area contributed by atoms with Crippen LogP contribution in [-0.2, 0) is 17.6 Å². The average molecular weight is 466 g/mol. The molecule has 180 valence electrons. The minimum Gasteiger partial charge on any atom is -0.339 e. The molecule has 9 heteroatoms. The van der Waals surface area contributed by atoms with Gasteiger partial charge in [0.15, 0.2) is 0 Å². The number of halogens is 1. The SMILES string of the molecule is N#C[C@H](Cc1ccc(-n2cc(CCN3CCCCC3)nn2)cc1F)NC(=O)[C@H]1N[C@@H]2CC[C@H]1C2. The van der Waals surface area contributed by atoms with E-state index in [2.05, 4.69) is 31.9 Å². The zero-order valence-corrected chi connectivity index (χ0v) is 19.4. The summed E-state index contributed by atoms with van der Waals surface area (Å²) in [7, 11) is 0. The van der Waals surface area contributed by atoms with Gasteiger partial charge in [0.25, 0.3) is 0 Å². The zero-order valence-electron chi connectivity index (χ0n) is 19.4. The van der Waals surface area contributed by atoms with E-state index in [-0.39, 0.29) is 18.4 Å². The number of nitrogens with one attached hydrogen (secondary N) is 2. The Bertz CT molecular complexity index is 1060. The van der Waals surface area contributed by atoms with Gasteiger partial charge in [-0.2, -0.15) is 5.26 Å². The van der Waals surface area contributed by atoms with Gasteiger partial charge in [-0.3, -0.25) is 4.79 Å². The monoisotopic (exact) mass is 465 g/mol. The molecule has 3 aliphatic rings. The first kappa shape index (κ1) is 22.9. The number of hydrogen-bond acceptors (Lipinski definition) is 6. The predicted octanol–water partition coefficient (Wildman–Crippen LogP) is 2.13. The number of amides is 1. The Balaban J connectivity index is 1.17. The predicted molar refractivity (Wildman–Crippen MR) is 125 cm³/mol. The summed E-state index contributed by atoms with van der Waals surface area (Å²) in [5, 5.41) is 24.1. The minimum absolute atomic E-state index is 0.119. The second kappa shape index (κ2) is 10.2. The van der Waals surface area contributed by atoms with E-state index in [0.717, 1.165) is 51.0 Å². The first-order valence-corrected chi connectivity index (χ1v) is 12.5. The molecule has 2 N–H and O–H groups in total. The topological polar surface area (TPSA) is 98.9 Å². The van der Waals surface area contributed by atoms with Gasteiger partial charge in [-0.25, -0.2) is 9.07 Å². The maximum absolute atomic E-state index is 14.9. The van der Waals surface area contributed by atoms with Crippen LogP contribution in [0.5, 0.6) is 0 Å². The van der Waals surface area contributed by atoms with Gasteiger partial charge >= 0.3 is 0 Å². The fourth-order valence-corrected chi connectivity index (χ4v) is 5.60. The maximum atomic E-state index is 14.9. The molecule has 34 heavy (non-hydrogen) atoms. The van der Waals surface area contributed by atoms with E-state index in [1.165, 1.54) is 25.3 Å². The highest BCUT2D eigenvalue weighted by Gasteiger charge is 2.43. The van der Waals surface area contributed by atoms with Gasteiger partial charge in [0, 0.05) is 25.4 Å². The third-order valence-electron chi connectivity index (χ3n) is 7.51. The third kappa shape index (κ3) is 5.13. The number of carbonyl (C=O) groups is 1. The van der Waals surface area contributed by atoms with Crippen molar-refractivity contribution in [1.29, 1.82) is 5.26 Å². The summed E-state index contributed by atoms with van der Waals surface area (Å²) >= 11 is 0. The molecule has 0 unspecified atom stereocenters. The van der Waals surface area contributed by atoms with Crippen LogP contribution in [0.1, 0.15) is 49.8 Å². The molecule has 2 aromatic rings. The molecule has 2 saturated heterocycles. The Labute approximate surface area is 199 Å². The van der Waals surface area contributed by atoms with Gasteiger partial charge in [-0.15, -0.1) is 5.10 Å². The number of hydrogen-bond donors (Lipinski definition) is 2. The number of benzene rings is 1. The molecule has 0 radical (unpaired) electrons. The molecule has 1 aliphatic carbocycles. The van der Waals surface area contributed by atoms with Crippen LogP contribution in [0, 0.1) is 23.1 Å². The maximum Gasteiger partial charge on any atom is 0.238 e. The van der Waals surface area contributed by atoms with Gasteiger partial charge in [0.05, 0.1) is 29.7 Å². The van der Waals surface area contributed by atoms with Crippen molar-refractivity contribution in [2.75, 3.05) is 19.6 Å². The zero-order chi connectivity index (χ0) is 23.5. The van der Waals surface area contributed by atoms with Gasteiger partial charge in [-0.1, -0.05) is 17.7 Å². The second-order valence-electron chi connectivity index (χ2n) is 9.89. The van der Waals surface area contributed by atoms with Crippen LogP contribution in [0.15, 0.2) is 24.4 Å². The minimum atomic E-state index is -0.776. The first-order chi connectivity index (χ1) is 16.6. The highest BCUT2D eigenvalue weighted by Crippen LogP contribution is 2.35. The number of nitrogens with zero attached hydrogens (tertiary/aromatic N) is 5. The molecule has 1 aromatic carbocycles. The van der Waals surface area contributed by atoms with Gasteiger partial charge in [0.2, 0.25) is 5.91 Å². The van der Waals surface area contributed by atoms with Crippen molar-refractivity contribution in [2.24, 2.45) is 5.92 Å². The van der Waals surface area contributed by atoms with E-state index in [0.29, 0.717) is 23.2 Å². The van der Waals surface area contributed by atoms with Gasteiger partial charge < -0.3 is 15.5 Å². The van der Waals surface area contributed by atoms with Gasteiger partial charge in [-0.05, 0) is 68.8 Å². The Kier molecular flexibility index (Phi) is 6.88. The van der Waals surface area contributed by atoms with Gasteiger partial charge in [0.1, 0.15) is 11.9 Å². The molecule has 1 saturated carbocycles. The van der Waals surface area contributed by atoms with E-state index in [1.54, 1.807) is 16.8 Å². The summed E-state index contributed by atoms with van der Waals surface area (Å²) in [6.45, 7) is 3.25. The molecule has 2 bridgehead atoms. The number of piperidine rings is 2. The van der Waals surface area contributed by atoms with Crippen LogP contribution in [0.25, 0.3) is 5.69 Å². The molecular formula is C25H32FN7O. The van der Waals surface area contributed by atoms with E-state index >= 15 is 0 Å². The number of likely N-dealkylation sites (tertiary alicyclic amines) is 1. The van der Waals surface area contributed by atoms with Crippen LogP contribution >= 0.6 is 0 Å². The number of nitriles is 1. The number of carbonyl (C=O) groups excluding carboxylic acids is 1. The van der Waals surface area contributed by atoms with Crippen LogP contribution in [0.3, 0.4) is 0 Å². The Morgan fingerprint density at radius 1 is 1.29 bits per heavy atom. The second-order valence-corrected chi connectivity index (χ2v) is 9.89. The smallest absolute Gasteiger partial charge is 0.238 e. The molecule has 3 heterocycles. The largest absolute Gasteiger partial charge is 0.339 e. The lowest BCUT2D eigenvalue weighted by molar-refractivity contribution is -0.124.